The van der Waals surface area contributed by atoms with Gasteiger partial charge in [-0.15, -0.1) is 0 Å². The van der Waals surface area contributed by atoms with Crippen molar-refractivity contribution in [2.24, 2.45) is 7.05 Å². The second-order valence-electron chi connectivity index (χ2n) is 3.55. The number of aryl methyl sites for hydroxylation is 1. The van der Waals surface area contributed by atoms with Crippen molar-refractivity contribution in [3.8, 4) is 0 Å². The predicted octanol–water partition coefficient (Wildman–Crippen LogP) is 3.63. The lowest BCUT2D eigenvalue weighted by molar-refractivity contribution is 0.101. The van der Waals surface area contributed by atoms with Gasteiger partial charge in [0.15, 0.2) is 0 Å². The molecule has 18 heavy (non-hydrogen) atoms. The molecule has 1 amide bonds. The molecule has 1 heterocycles. The molecule has 0 spiro atoms. The predicted molar refractivity (Wildman–Crippen MR) is 72.6 cm³/mol. The molecule has 0 unspecified atom stereocenters. The number of anilines is 1. The molecular formula is C11H8Cl3N3O. The Balaban J connectivity index is 2.24. The molecular weight excluding hydrogens is 296 g/mol. The smallest absolute Gasteiger partial charge is 0.275 e. The summed E-state index contributed by atoms with van der Waals surface area (Å²) < 4.78 is 1.40. The zero-order valence-electron chi connectivity index (χ0n) is 9.25. The number of benzene rings is 1. The molecule has 1 aromatic carbocycles. The van der Waals surface area contributed by atoms with Crippen LogP contribution in [-0.2, 0) is 7.05 Å². The number of nitrogens with one attached hydrogen (secondary N) is 1. The summed E-state index contributed by atoms with van der Waals surface area (Å²) in [6.07, 6.45) is 1.41. The van der Waals surface area contributed by atoms with Crippen molar-refractivity contribution in [3.05, 3.63) is 45.2 Å². The van der Waals surface area contributed by atoms with E-state index in [-0.39, 0.29) is 16.6 Å². The Hall–Kier alpha value is -1.23. The summed E-state index contributed by atoms with van der Waals surface area (Å²) in [4.78, 5) is 12.0. The van der Waals surface area contributed by atoms with Gasteiger partial charge >= 0.3 is 0 Å². The number of aromatic nitrogens is 2. The van der Waals surface area contributed by atoms with Crippen LogP contribution in [0, 0.1) is 0 Å². The van der Waals surface area contributed by atoms with Crippen LogP contribution in [-0.4, -0.2) is 15.7 Å². The lowest BCUT2D eigenvalue weighted by Crippen LogP contribution is -2.16. The van der Waals surface area contributed by atoms with Gasteiger partial charge in [0.25, 0.3) is 5.91 Å². The molecule has 0 saturated heterocycles. The Kier molecular flexibility index (Phi) is 3.80. The van der Waals surface area contributed by atoms with Crippen LogP contribution >= 0.6 is 34.8 Å². The minimum absolute atomic E-state index is 0.280. The third kappa shape index (κ3) is 2.61. The Bertz CT molecular complexity index is 590. The molecule has 1 aromatic heterocycles. The molecule has 0 atom stereocenters. The maximum absolute atomic E-state index is 12.0. The van der Waals surface area contributed by atoms with Gasteiger partial charge in [0.2, 0.25) is 0 Å². The topological polar surface area (TPSA) is 46.9 Å². The quantitative estimate of drug-likeness (QED) is 0.921. The number of carbonyl (C=O) groups is 1. The lowest BCUT2D eigenvalue weighted by Gasteiger charge is -2.06. The van der Waals surface area contributed by atoms with Gasteiger partial charge < -0.3 is 5.32 Å². The van der Waals surface area contributed by atoms with Crippen molar-refractivity contribution in [3.63, 3.8) is 0 Å². The average molecular weight is 305 g/mol. The van der Waals surface area contributed by atoms with E-state index in [1.807, 2.05) is 0 Å². The first-order chi connectivity index (χ1) is 8.49. The van der Waals surface area contributed by atoms with E-state index < -0.39 is 0 Å². The third-order valence-corrected chi connectivity index (χ3v) is 3.30. The highest BCUT2D eigenvalue weighted by atomic mass is 35.5. The molecule has 2 rings (SSSR count). The molecule has 1 N–H and O–H groups in total. The Labute approximate surface area is 118 Å². The van der Waals surface area contributed by atoms with E-state index in [1.54, 1.807) is 25.2 Å². The number of carbonyl (C=O) groups excluding carboxylic acids is 1. The van der Waals surface area contributed by atoms with Gasteiger partial charge in [0.05, 0.1) is 21.3 Å². The van der Waals surface area contributed by atoms with Crippen molar-refractivity contribution >= 4 is 46.4 Å². The van der Waals surface area contributed by atoms with E-state index in [9.17, 15) is 4.79 Å². The van der Waals surface area contributed by atoms with E-state index in [2.05, 4.69) is 10.4 Å². The fourth-order valence-corrected chi connectivity index (χ4v) is 1.98. The van der Waals surface area contributed by atoms with Crippen LogP contribution in [0.5, 0.6) is 0 Å². The van der Waals surface area contributed by atoms with Crippen molar-refractivity contribution < 1.29 is 4.79 Å². The Morgan fingerprint density at radius 2 is 1.94 bits per heavy atom. The van der Waals surface area contributed by atoms with E-state index in [0.717, 1.165) is 0 Å². The first-order valence-electron chi connectivity index (χ1n) is 4.93. The molecule has 2 aromatic rings. The molecule has 0 bridgehead atoms. The van der Waals surface area contributed by atoms with Gasteiger partial charge in [-0.05, 0) is 18.2 Å². The molecule has 94 valence electrons. The SMILES string of the molecule is Cn1ncc(Cl)c1C(=O)Nc1ccc(Cl)c(Cl)c1. The molecule has 0 radical (unpaired) electrons. The monoisotopic (exact) mass is 303 g/mol. The van der Waals surface area contributed by atoms with E-state index in [0.29, 0.717) is 15.7 Å². The van der Waals surface area contributed by atoms with Crippen LogP contribution in [0.25, 0.3) is 0 Å². The lowest BCUT2D eigenvalue weighted by atomic mass is 10.3. The van der Waals surface area contributed by atoms with Crippen LogP contribution in [0.15, 0.2) is 24.4 Å². The summed E-state index contributed by atoms with van der Waals surface area (Å²) in [7, 11) is 1.63. The van der Waals surface area contributed by atoms with Crippen molar-refractivity contribution in [2.75, 3.05) is 5.32 Å². The van der Waals surface area contributed by atoms with Gasteiger partial charge in [0, 0.05) is 12.7 Å². The van der Waals surface area contributed by atoms with Gasteiger partial charge in [-0.25, -0.2) is 0 Å². The molecule has 0 aliphatic rings. The summed E-state index contributed by atoms with van der Waals surface area (Å²) in [5.74, 6) is -0.363. The van der Waals surface area contributed by atoms with Crippen LogP contribution in [0.1, 0.15) is 10.5 Å². The molecule has 0 fully saturated rings. The highest BCUT2D eigenvalue weighted by molar-refractivity contribution is 6.42. The van der Waals surface area contributed by atoms with E-state index >= 15 is 0 Å². The van der Waals surface area contributed by atoms with Crippen LogP contribution < -0.4 is 5.32 Å². The van der Waals surface area contributed by atoms with Crippen LogP contribution in [0.2, 0.25) is 15.1 Å². The van der Waals surface area contributed by atoms with E-state index in [4.69, 9.17) is 34.8 Å². The minimum Gasteiger partial charge on any atom is -0.321 e. The summed E-state index contributed by atoms with van der Waals surface area (Å²) in [6.45, 7) is 0. The molecule has 0 aliphatic heterocycles. The molecule has 0 aliphatic carbocycles. The van der Waals surface area contributed by atoms with Crippen LogP contribution in [0.3, 0.4) is 0 Å². The second kappa shape index (κ2) is 5.18. The second-order valence-corrected chi connectivity index (χ2v) is 4.77. The largest absolute Gasteiger partial charge is 0.321 e. The zero-order valence-corrected chi connectivity index (χ0v) is 11.5. The minimum atomic E-state index is -0.363. The molecule has 4 nitrogen and oxygen atoms in total. The van der Waals surface area contributed by atoms with Gasteiger partial charge in [0.1, 0.15) is 5.69 Å². The van der Waals surface area contributed by atoms with Crippen molar-refractivity contribution in [2.45, 2.75) is 0 Å². The Morgan fingerprint density at radius 3 is 2.50 bits per heavy atom. The number of hydrogen-bond acceptors (Lipinski definition) is 2. The summed E-state index contributed by atoms with van der Waals surface area (Å²) in [5, 5.41) is 7.63. The van der Waals surface area contributed by atoms with Crippen molar-refractivity contribution in [1.29, 1.82) is 0 Å². The van der Waals surface area contributed by atoms with E-state index in [1.165, 1.54) is 10.9 Å². The highest BCUT2D eigenvalue weighted by Crippen LogP contribution is 2.25. The summed E-state index contributed by atoms with van der Waals surface area (Å²) >= 11 is 17.5. The summed E-state index contributed by atoms with van der Waals surface area (Å²) in [5.41, 5.74) is 0.814. The normalized spacial score (nSPS) is 10.4. The Morgan fingerprint density at radius 1 is 1.22 bits per heavy atom. The number of nitrogens with zero attached hydrogens (tertiary/aromatic N) is 2. The first-order valence-corrected chi connectivity index (χ1v) is 6.06. The van der Waals surface area contributed by atoms with Gasteiger partial charge in [-0.2, -0.15) is 5.10 Å². The highest BCUT2D eigenvalue weighted by Gasteiger charge is 2.15. The first kappa shape index (κ1) is 13.2. The summed E-state index contributed by atoms with van der Waals surface area (Å²) in [6, 6.07) is 4.81. The maximum Gasteiger partial charge on any atom is 0.275 e. The van der Waals surface area contributed by atoms with Gasteiger partial charge in [-0.3, -0.25) is 9.48 Å². The fourth-order valence-electron chi connectivity index (χ4n) is 1.43. The third-order valence-electron chi connectivity index (χ3n) is 2.29. The number of halogens is 3. The van der Waals surface area contributed by atoms with Crippen molar-refractivity contribution in [1.82, 2.24) is 9.78 Å². The average Bonchev–Trinajstić information content (AvgIpc) is 2.64. The standard InChI is InChI=1S/C11H8Cl3N3O/c1-17-10(9(14)5-15-17)11(18)16-6-2-3-7(12)8(13)4-6/h2-5H,1H3,(H,16,18). The number of rotatable bonds is 2. The number of hydrogen-bond donors (Lipinski definition) is 1. The zero-order chi connectivity index (χ0) is 13.3. The molecule has 7 heteroatoms. The van der Waals surface area contributed by atoms with Crippen LogP contribution in [0.4, 0.5) is 5.69 Å². The fraction of sp³-hybridized carbons (Fsp3) is 0.0909. The van der Waals surface area contributed by atoms with Gasteiger partial charge in [-0.1, -0.05) is 34.8 Å². The molecule has 0 saturated carbocycles. The number of amides is 1. The maximum atomic E-state index is 12.0.